The van der Waals surface area contributed by atoms with Gasteiger partial charge in [-0.15, -0.1) is 5.10 Å². The number of carbonyl (C=O) groups is 3. The molecule has 0 unspecified atom stereocenters. The van der Waals surface area contributed by atoms with E-state index in [0.717, 1.165) is 0 Å². The van der Waals surface area contributed by atoms with E-state index in [1.165, 1.54) is 0 Å². The molecule has 11 heteroatoms. The Kier molecular flexibility index (Phi) is 4.90. The van der Waals surface area contributed by atoms with Gasteiger partial charge in [-0.2, -0.15) is 4.98 Å². The Bertz CT molecular complexity index is 1210. The van der Waals surface area contributed by atoms with Crippen LogP contribution in [0.25, 0.3) is 0 Å². The molecule has 11 nitrogen and oxygen atoms in total. The summed E-state index contributed by atoms with van der Waals surface area (Å²) in [7, 11) is 0. The van der Waals surface area contributed by atoms with Gasteiger partial charge in [-0.05, 0) is 24.3 Å². The van der Waals surface area contributed by atoms with Gasteiger partial charge in [0.25, 0.3) is 5.91 Å². The number of aromatic nitrogens is 3. The highest BCUT2D eigenvalue weighted by atomic mass is 16.6. The predicted molar refractivity (Wildman–Crippen MR) is 111 cm³/mol. The zero-order chi connectivity index (χ0) is 22.1. The zero-order valence-electron chi connectivity index (χ0n) is 16.6. The number of benzene rings is 2. The first-order valence-corrected chi connectivity index (χ1v) is 9.88. The van der Waals surface area contributed by atoms with Crippen LogP contribution in [0.1, 0.15) is 28.7 Å². The minimum atomic E-state index is -1.04. The molecule has 4 N–H and O–H groups in total. The fourth-order valence-corrected chi connectivity index (χ4v) is 3.44. The Balaban J connectivity index is 1.22. The number of hydrogen-bond acceptors (Lipinski definition) is 7. The van der Waals surface area contributed by atoms with E-state index in [2.05, 4.69) is 31.1 Å². The monoisotopic (exact) mass is 434 g/mol. The number of nitrogens with one attached hydrogen (secondary N) is 4. The van der Waals surface area contributed by atoms with Crippen LogP contribution in [0.5, 0.6) is 11.5 Å². The molecule has 0 fully saturated rings. The third-order valence-corrected chi connectivity index (χ3v) is 5.01. The van der Waals surface area contributed by atoms with Gasteiger partial charge in [0.1, 0.15) is 12.6 Å². The second-order valence-electron chi connectivity index (χ2n) is 7.22. The van der Waals surface area contributed by atoms with Crippen molar-refractivity contribution in [2.45, 2.75) is 18.6 Å². The molecule has 162 valence electrons. The number of nitrogens with zero attached hydrogens (tertiary/aromatic N) is 2. The van der Waals surface area contributed by atoms with E-state index in [-0.39, 0.29) is 19.0 Å². The van der Waals surface area contributed by atoms with Crippen LogP contribution in [0.3, 0.4) is 0 Å². The fraction of sp³-hybridized carbons (Fsp3) is 0.190. The van der Waals surface area contributed by atoms with Crippen LogP contribution >= 0.6 is 0 Å². The second kappa shape index (κ2) is 8.02. The molecule has 3 heterocycles. The van der Waals surface area contributed by atoms with Gasteiger partial charge in [0.05, 0.1) is 17.7 Å². The lowest BCUT2D eigenvalue weighted by molar-refractivity contribution is -0.122. The predicted octanol–water partition coefficient (Wildman–Crippen LogP) is 1.40. The largest absolute Gasteiger partial charge is 0.485 e. The van der Waals surface area contributed by atoms with Crippen LogP contribution in [0.4, 0.5) is 11.6 Å². The number of rotatable bonds is 4. The van der Waals surface area contributed by atoms with Gasteiger partial charge in [-0.1, -0.05) is 24.3 Å². The number of aromatic amines is 1. The van der Waals surface area contributed by atoms with Crippen molar-refractivity contribution in [1.29, 1.82) is 0 Å². The lowest BCUT2D eigenvalue weighted by Gasteiger charge is -2.24. The lowest BCUT2D eigenvalue weighted by atomic mass is 10.1. The quantitative estimate of drug-likeness (QED) is 0.485. The Labute approximate surface area is 181 Å². The van der Waals surface area contributed by atoms with Crippen molar-refractivity contribution in [2.24, 2.45) is 0 Å². The summed E-state index contributed by atoms with van der Waals surface area (Å²) in [6, 6.07) is 12.8. The van der Waals surface area contributed by atoms with Gasteiger partial charge >= 0.3 is 0 Å². The molecule has 2 aliphatic rings. The van der Waals surface area contributed by atoms with E-state index in [4.69, 9.17) is 9.47 Å². The maximum atomic E-state index is 12.5. The van der Waals surface area contributed by atoms with Crippen LogP contribution in [-0.4, -0.2) is 45.6 Å². The van der Waals surface area contributed by atoms with Gasteiger partial charge in [0.2, 0.25) is 17.8 Å². The van der Waals surface area contributed by atoms with Crippen molar-refractivity contribution in [3.05, 3.63) is 59.9 Å². The van der Waals surface area contributed by atoms with Gasteiger partial charge in [0, 0.05) is 0 Å². The molecular weight excluding hydrogens is 416 g/mol. The standard InChI is InChI=1S/C21H18N6O5/c28-17(9-13-20(30)22-12-6-2-1-5-11(12)19(29)23-13)24-21-25-18(26-27-21)16-10-31-14-7-3-4-8-15(14)32-16/h1-8,13,16H,9-10H2,(H,22,30)(H,23,29)(H2,24,25,26,27,28)/t13-,16+/m0/s1. The smallest absolute Gasteiger partial charge is 0.254 e. The highest BCUT2D eigenvalue weighted by Crippen LogP contribution is 2.35. The number of amides is 3. The topological polar surface area (TPSA) is 147 Å². The highest BCUT2D eigenvalue weighted by Gasteiger charge is 2.30. The molecule has 0 bridgehead atoms. The highest BCUT2D eigenvalue weighted by molar-refractivity contribution is 6.11. The lowest BCUT2D eigenvalue weighted by Crippen LogP contribution is -2.43. The van der Waals surface area contributed by atoms with E-state index in [9.17, 15) is 14.4 Å². The van der Waals surface area contributed by atoms with Gasteiger partial charge in [0.15, 0.2) is 23.4 Å². The Morgan fingerprint density at radius 1 is 1.09 bits per heavy atom. The van der Waals surface area contributed by atoms with Crippen LogP contribution in [-0.2, 0) is 9.59 Å². The molecule has 0 saturated carbocycles. The van der Waals surface area contributed by atoms with Crippen LogP contribution in [0, 0.1) is 0 Å². The molecule has 0 spiro atoms. The molecule has 3 aromatic rings. The van der Waals surface area contributed by atoms with E-state index < -0.39 is 29.9 Å². The van der Waals surface area contributed by atoms with E-state index >= 15 is 0 Å². The Morgan fingerprint density at radius 2 is 1.88 bits per heavy atom. The average Bonchev–Trinajstić information content (AvgIpc) is 3.22. The number of fused-ring (bicyclic) bond motifs is 2. The normalized spacial score (nSPS) is 19.2. The molecule has 1 aromatic heterocycles. The van der Waals surface area contributed by atoms with Gasteiger partial charge < -0.3 is 20.1 Å². The Hall–Kier alpha value is -4.41. The number of H-pyrrole nitrogens is 1. The molecule has 32 heavy (non-hydrogen) atoms. The number of para-hydroxylation sites is 3. The SMILES string of the molecule is O=C(C[C@@H]1NC(=O)c2ccccc2NC1=O)Nc1n[nH]c([C@H]2COc3ccccc3O2)n1. The van der Waals surface area contributed by atoms with Crippen molar-refractivity contribution in [2.75, 3.05) is 17.2 Å². The summed E-state index contributed by atoms with van der Waals surface area (Å²) in [5.41, 5.74) is 0.728. The fourth-order valence-electron chi connectivity index (χ4n) is 3.44. The van der Waals surface area contributed by atoms with Crippen molar-refractivity contribution in [3.63, 3.8) is 0 Å². The van der Waals surface area contributed by atoms with Crippen LogP contribution in [0.2, 0.25) is 0 Å². The maximum Gasteiger partial charge on any atom is 0.254 e. The molecule has 5 rings (SSSR count). The summed E-state index contributed by atoms with van der Waals surface area (Å²) in [6.45, 7) is 0.231. The van der Waals surface area contributed by atoms with E-state index in [1.54, 1.807) is 36.4 Å². The zero-order valence-corrected chi connectivity index (χ0v) is 16.6. The van der Waals surface area contributed by atoms with Gasteiger partial charge in [-0.25, -0.2) is 0 Å². The summed E-state index contributed by atoms with van der Waals surface area (Å²) in [6.07, 6.45) is -0.806. The molecule has 0 radical (unpaired) electrons. The van der Waals surface area contributed by atoms with Crippen LogP contribution < -0.4 is 25.4 Å². The summed E-state index contributed by atoms with van der Waals surface area (Å²) in [4.78, 5) is 41.5. The minimum Gasteiger partial charge on any atom is -0.485 e. The molecule has 0 aliphatic carbocycles. The van der Waals surface area contributed by atoms with Crippen molar-refractivity contribution >= 4 is 29.4 Å². The number of anilines is 2. The second-order valence-corrected chi connectivity index (χ2v) is 7.22. The maximum absolute atomic E-state index is 12.5. The minimum absolute atomic E-state index is 0.0242. The molecule has 3 amide bonds. The Morgan fingerprint density at radius 3 is 2.75 bits per heavy atom. The third kappa shape index (κ3) is 3.83. The van der Waals surface area contributed by atoms with Gasteiger partial charge in [-0.3, -0.25) is 24.8 Å². The van der Waals surface area contributed by atoms with Crippen molar-refractivity contribution in [1.82, 2.24) is 20.5 Å². The molecule has 2 aromatic carbocycles. The number of hydrogen-bond donors (Lipinski definition) is 4. The van der Waals surface area contributed by atoms with E-state index in [1.807, 2.05) is 12.1 Å². The van der Waals surface area contributed by atoms with Crippen molar-refractivity contribution < 1.29 is 23.9 Å². The number of ether oxygens (including phenoxy) is 2. The summed E-state index contributed by atoms with van der Waals surface area (Å²) in [5.74, 6) is 0.173. The summed E-state index contributed by atoms with van der Waals surface area (Å²) < 4.78 is 11.5. The molecular formula is C21H18N6O5. The first kappa shape index (κ1) is 19.5. The number of carbonyl (C=O) groups excluding carboxylic acids is 3. The molecule has 2 aliphatic heterocycles. The average molecular weight is 434 g/mol. The summed E-state index contributed by atoms with van der Waals surface area (Å²) in [5, 5.41) is 14.4. The first-order valence-electron chi connectivity index (χ1n) is 9.88. The first-order chi connectivity index (χ1) is 15.6. The third-order valence-electron chi connectivity index (χ3n) is 5.01. The van der Waals surface area contributed by atoms with Crippen molar-refractivity contribution in [3.8, 4) is 11.5 Å². The molecule has 0 saturated heterocycles. The van der Waals surface area contributed by atoms with E-state index in [0.29, 0.717) is 28.6 Å². The molecule has 2 atom stereocenters. The summed E-state index contributed by atoms with van der Waals surface area (Å²) >= 11 is 0. The van der Waals surface area contributed by atoms with Crippen LogP contribution in [0.15, 0.2) is 48.5 Å².